The van der Waals surface area contributed by atoms with Crippen LogP contribution in [0.25, 0.3) is 0 Å². The van der Waals surface area contributed by atoms with E-state index in [0.29, 0.717) is 17.1 Å². The molecule has 0 aliphatic carbocycles. The Hall–Kier alpha value is -1.90. The molecule has 32 heavy (non-hydrogen) atoms. The van der Waals surface area contributed by atoms with Crippen molar-refractivity contribution in [1.82, 2.24) is 10.6 Å². The molecule has 5 atom stereocenters. The predicted molar refractivity (Wildman–Crippen MR) is 124 cm³/mol. The Morgan fingerprint density at radius 1 is 1.25 bits per heavy atom. The van der Waals surface area contributed by atoms with E-state index in [9.17, 15) is 9.90 Å². The maximum atomic E-state index is 15.4. The Labute approximate surface area is 196 Å². The molecule has 0 aromatic heterocycles. The molecule has 4 rings (SSSR count). The lowest BCUT2D eigenvalue weighted by Gasteiger charge is -2.48. The summed E-state index contributed by atoms with van der Waals surface area (Å²) in [7, 11) is 0. The first-order chi connectivity index (χ1) is 14.9. The van der Waals surface area contributed by atoms with E-state index in [4.69, 9.17) is 28.9 Å². The minimum Gasteiger partial charge on any atom is -0.368 e. The number of halogens is 3. The monoisotopic (exact) mass is 480 g/mol. The van der Waals surface area contributed by atoms with E-state index >= 15 is 4.39 Å². The predicted octanol–water partition coefficient (Wildman–Crippen LogP) is 3.66. The van der Waals surface area contributed by atoms with Crippen molar-refractivity contribution in [2.45, 2.75) is 57.1 Å². The highest BCUT2D eigenvalue weighted by molar-refractivity contribution is 6.31. The number of fused-ring (bicyclic) bond motifs is 2. The maximum absolute atomic E-state index is 15.4. The van der Waals surface area contributed by atoms with Gasteiger partial charge in [0.25, 0.3) is 0 Å². The second kappa shape index (κ2) is 8.15. The van der Waals surface area contributed by atoms with Crippen LogP contribution in [-0.2, 0) is 10.3 Å². The van der Waals surface area contributed by atoms with Gasteiger partial charge in [0, 0.05) is 22.7 Å². The lowest BCUT2D eigenvalue weighted by Crippen LogP contribution is -2.62. The topological polar surface area (TPSA) is 99.4 Å². The van der Waals surface area contributed by atoms with Crippen molar-refractivity contribution in [3.8, 4) is 0 Å². The van der Waals surface area contributed by atoms with E-state index in [2.05, 4.69) is 36.7 Å². The quantitative estimate of drug-likeness (QED) is 0.461. The third-order valence-corrected chi connectivity index (χ3v) is 6.82. The van der Waals surface area contributed by atoms with Gasteiger partial charge in [0.05, 0.1) is 16.6 Å². The largest absolute Gasteiger partial charge is 0.368 e. The van der Waals surface area contributed by atoms with E-state index in [0.717, 1.165) is 5.56 Å². The van der Waals surface area contributed by atoms with Gasteiger partial charge in [-0.05, 0) is 41.2 Å². The smallest absolute Gasteiger partial charge is 0.235 e. The van der Waals surface area contributed by atoms with Gasteiger partial charge >= 0.3 is 0 Å². The highest BCUT2D eigenvalue weighted by atomic mass is 35.5. The fourth-order valence-electron chi connectivity index (χ4n) is 5.22. The molecule has 1 amide bonds. The third kappa shape index (κ3) is 3.86. The summed E-state index contributed by atoms with van der Waals surface area (Å²) in [5.41, 5.74) is 6.18. The van der Waals surface area contributed by atoms with Gasteiger partial charge in [-0.1, -0.05) is 62.2 Å². The third-order valence-electron chi connectivity index (χ3n) is 6.29. The van der Waals surface area contributed by atoms with Crippen LogP contribution in [-0.4, -0.2) is 29.4 Å². The standard InChI is InChI=1S/C23H27Cl2FN4O2/c1-22(2,3)10-16-23(13-8-7-11(24)9-15(13)28-21(32)30-23)17(19(29-16)20(27)31)12-5-4-6-14(25)18(12)26/h4-9,16-17,19,21,28-30,32H,10H2,1-3H3,(H2,27,31)/t16-,17+,19-,21?,23+/m1/s1. The van der Waals surface area contributed by atoms with Crippen LogP contribution >= 0.6 is 23.2 Å². The van der Waals surface area contributed by atoms with Crippen LogP contribution < -0.4 is 21.7 Å². The van der Waals surface area contributed by atoms with Crippen molar-refractivity contribution < 1.29 is 14.3 Å². The summed E-state index contributed by atoms with van der Waals surface area (Å²) in [5, 5.41) is 20.8. The second-order valence-electron chi connectivity index (χ2n) is 9.73. The van der Waals surface area contributed by atoms with E-state index < -0.39 is 35.6 Å². The average Bonchev–Trinajstić information content (AvgIpc) is 2.96. The summed E-state index contributed by atoms with van der Waals surface area (Å²) in [6, 6.07) is 8.71. The van der Waals surface area contributed by atoms with Crippen LogP contribution in [0.1, 0.15) is 44.2 Å². The number of amides is 1. The lowest BCUT2D eigenvalue weighted by molar-refractivity contribution is -0.120. The second-order valence-corrected chi connectivity index (χ2v) is 10.6. The molecule has 2 aromatic rings. The summed E-state index contributed by atoms with van der Waals surface area (Å²) in [4.78, 5) is 12.6. The number of carbonyl (C=O) groups is 1. The van der Waals surface area contributed by atoms with Crippen molar-refractivity contribution in [3.63, 3.8) is 0 Å². The molecule has 6 nitrogen and oxygen atoms in total. The fraction of sp³-hybridized carbons (Fsp3) is 0.435. The summed E-state index contributed by atoms with van der Waals surface area (Å²) >= 11 is 12.4. The lowest BCUT2D eigenvalue weighted by atomic mass is 9.67. The molecule has 0 radical (unpaired) electrons. The van der Waals surface area contributed by atoms with Crippen molar-refractivity contribution in [2.24, 2.45) is 11.1 Å². The zero-order chi connectivity index (χ0) is 23.4. The molecule has 2 heterocycles. The van der Waals surface area contributed by atoms with Crippen molar-refractivity contribution in [2.75, 3.05) is 5.32 Å². The number of aliphatic hydroxyl groups is 1. The molecular formula is C23H27Cl2FN4O2. The average molecular weight is 481 g/mol. The number of primary amides is 1. The van der Waals surface area contributed by atoms with E-state index in [1.807, 2.05) is 6.07 Å². The number of rotatable bonds is 3. The summed E-state index contributed by atoms with van der Waals surface area (Å²) < 4.78 is 15.4. The number of hydrogen-bond donors (Lipinski definition) is 5. The molecule has 172 valence electrons. The Morgan fingerprint density at radius 3 is 2.62 bits per heavy atom. The molecule has 2 aliphatic heterocycles. The van der Waals surface area contributed by atoms with E-state index in [1.54, 1.807) is 24.3 Å². The van der Waals surface area contributed by atoms with Gasteiger partial charge in [0.2, 0.25) is 5.91 Å². The zero-order valence-corrected chi connectivity index (χ0v) is 19.6. The first kappa shape index (κ1) is 23.3. The van der Waals surface area contributed by atoms with Gasteiger partial charge in [-0.25, -0.2) is 4.39 Å². The number of nitrogens with two attached hydrogens (primary N) is 1. The number of carbonyl (C=O) groups excluding carboxylic acids is 1. The Kier molecular flexibility index (Phi) is 5.92. The molecule has 1 unspecified atom stereocenters. The molecule has 9 heteroatoms. The summed E-state index contributed by atoms with van der Waals surface area (Å²) in [6.45, 7) is 6.24. The van der Waals surface area contributed by atoms with Gasteiger partial charge in [-0.3, -0.25) is 10.1 Å². The van der Waals surface area contributed by atoms with Crippen LogP contribution in [0.3, 0.4) is 0 Å². The van der Waals surface area contributed by atoms with Gasteiger partial charge in [0.15, 0.2) is 6.35 Å². The van der Waals surface area contributed by atoms with Crippen molar-refractivity contribution in [1.29, 1.82) is 0 Å². The Morgan fingerprint density at radius 2 is 1.97 bits per heavy atom. The Balaban J connectivity index is 2.03. The first-order valence-corrected chi connectivity index (χ1v) is 11.2. The molecular weight excluding hydrogens is 454 g/mol. The van der Waals surface area contributed by atoms with Crippen molar-refractivity contribution in [3.05, 3.63) is 63.4 Å². The molecule has 0 bridgehead atoms. The summed E-state index contributed by atoms with van der Waals surface area (Å²) in [6.07, 6.45) is -0.557. The van der Waals surface area contributed by atoms with E-state index in [1.165, 1.54) is 6.07 Å². The molecule has 0 saturated carbocycles. The normalized spacial score (nSPS) is 29.6. The van der Waals surface area contributed by atoms with Gasteiger partial charge in [0.1, 0.15) is 5.82 Å². The van der Waals surface area contributed by atoms with Crippen LogP contribution in [0.2, 0.25) is 10.0 Å². The Bertz CT molecular complexity index is 1060. The van der Waals surface area contributed by atoms with E-state index in [-0.39, 0.29) is 22.0 Å². The fourth-order valence-corrected chi connectivity index (χ4v) is 5.57. The van der Waals surface area contributed by atoms with Gasteiger partial charge < -0.3 is 21.5 Å². The molecule has 1 spiro atoms. The van der Waals surface area contributed by atoms with Crippen LogP contribution in [0, 0.1) is 11.2 Å². The molecule has 6 N–H and O–H groups in total. The van der Waals surface area contributed by atoms with Crippen molar-refractivity contribution >= 4 is 34.8 Å². The number of benzene rings is 2. The number of aliphatic hydroxyl groups excluding tert-OH is 1. The molecule has 1 fully saturated rings. The number of nitrogens with one attached hydrogen (secondary N) is 3. The van der Waals surface area contributed by atoms with Gasteiger partial charge in [-0.15, -0.1) is 0 Å². The number of anilines is 1. The zero-order valence-electron chi connectivity index (χ0n) is 18.0. The molecule has 2 aromatic carbocycles. The summed E-state index contributed by atoms with van der Waals surface area (Å²) in [5.74, 6) is -2.02. The van der Waals surface area contributed by atoms with Gasteiger partial charge in [-0.2, -0.15) is 0 Å². The first-order valence-electron chi connectivity index (χ1n) is 10.5. The van der Waals surface area contributed by atoms with Crippen LogP contribution in [0.15, 0.2) is 36.4 Å². The van der Waals surface area contributed by atoms with Crippen LogP contribution in [0.4, 0.5) is 10.1 Å². The SMILES string of the molecule is CC(C)(C)C[C@H]1N[C@@H](C(N)=O)[C@H](c2cccc(Cl)c2F)[C@@]12NC(O)Nc1cc(Cl)ccc12. The van der Waals surface area contributed by atoms with Crippen LogP contribution in [0.5, 0.6) is 0 Å². The molecule has 2 aliphatic rings. The highest BCUT2D eigenvalue weighted by Crippen LogP contribution is 2.53. The number of hydrogen-bond acceptors (Lipinski definition) is 5. The minimum atomic E-state index is -1.17. The molecule has 1 saturated heterocycles. The maximum Gasteiger partial charge on any atom is 0.235 e. The minimum absolute atomic E-state index is 0.0500. The highest BCUT2D eigenvalue weighted by Gasteiger charge is 2.61.